The van der Waals surface area contributed by atoms with Gasteiger partial charge in [-0.3, -0.25) is 0 Å². The van der Waals surface area contributed by atoms with E-state index in [-0.39, 0.29) is 5.75 Å². The van der Waals surface area contributed by atoms with Gasteiger partial charge in [0.05, 0.1) is 12.1 Å². The summed E-state index contributed by atoms with van der Waals surface area (Å²) in [6.45, 7) is 1.50. The Hall–Kier alpha value is -2.94. The summed E-state index contributed by atoms with van der Waals surface area (Å²) in [4.78, 5) is 0. The predicted molar refractivity (Wildman–Crippen MR) is 124 cm³/mol. The molecule has 1 aliphatic rings. The maximum atomic E-state index is 10.7. The molecule has 2 heterocycles. The van der Waals surface area contributed by atoms with E-state index < -0.39 is 37.3 Å². The molecule has 0 spiro atoms. The van der Waals surface area contributed by atoms with Crippen molar-refractivity contribution in [2.45, 2.75) is 44.0 Å². The minimum atomic E-state index is -1.44. The zero-order valence-corrected chi connectivity index (χ0v) is 18.2. The Balaban J connectivity index is 1.56. The maximum absolute atomic E-state index is 10.7. The van der Waals surface area contributed by atoms with Gasteiger partial charge >= 0.3 is 0 Å². The molecule has 0 amide bonds. The Morgan fingerprint density at radius 1 is 0.879 bits per heavy atom. The quantitative estimate of drug-likeness (QED) is 0.327. The molecule has 5 atom stereocenters. The van der Waals surface area contributed by atoms with Gasteiger partial charge in [-0.05, 0) is 59.0 Å². The summed E-state index contributed by atoms with van der Waals surface area (Å²) in [6, 6.07) is 17.4. The van der Waals surface area contributed by atoms with Crippen molar-refractivity contribution in [2.75, 3.05) is 6.61 Å². The highest BCUT2D eigenvalue weighted by Crippen LogP contribution is 2.34. The summed E-state index contributed by atoms with van der Waals surface area (Å²) in [7, 11) is 0. The van der Waals surface area contributed by atoms with Crippen molar-refractivity contribution in [2.24, 2.45) is 0 Å². The van der Waals surface area contributed by atoms with E-state index in [9.17, 15) is 25.5 Å². The lowest BCUT2D eigenvalue weighted by Crippen LogP contribution is -2.56. The van der Waals surface area contributed by atoms with E-state index in [4.69, 9.17) is 4.74 Å². The SMILES string of the molecule is Cc1ccc2c(Cc3ccc4cc(O)ccc4c3)cn([C@@H]3O[C@H](CO)[C@@H](O)[C@H](O)[C@H]3O)c2c1. The number of phenols is 1. The summed E-state index contributed by atoms with van der Waals surface area (Å²) in [5.74, 6) is 0.230. The lowest BCUT2D eigenvalue weighted by Gasteiger charge is -2.40. The highest BCUT2D eigenvalue weighted by molar-refractivity contribution is 5.87. The van der Waals surface area contributed by atoms with Gasteiger partial charge in [-0.2, -0.15) is 0 Å². The molecular weight excluding hydrogens is 422 g/mol. The van der Waals surface area contributed by atoms with Gasteiger partial charge < -0.3 is 34.8 Å². The Morgan fingerprint density at radius 2 is 1.64 bits per heavy atom. The van der Waals surface area contributed by atoms with E-state index >= 15 is 0 Å². The van der Waals surface area contributed by atoms with Crippen LogP contribution in [0, 0.1) is 6.92 Å². The van der Waals surface area contributed by atoms with Crippen molar-refractivity contribution in [1.82, 2.24) is 4.57 Å². The third-order valence-corrected chi connectivity index (χ3v) is 6.50. The van der Waals surface area contributed by atoms with Crippen LogP contribution in [0.2, 0.25) is 0 Å². The number of aryl methyl sites for hydroxylation is 1. The number of hydrogen-bond donors (Lipinski definition) is 5. The number of nitrogens with zero attached hydrogens (tertiary/aromatic N) is 1. The molecule has 1 aromatic heterocycles. The number of rotatable bonds is 4. The van der Waals surface area contributed by atoms with Crippen molar-refractivity contribution in [3.8, 4) is 5.75 Å². The lowest BCUT2D eigenvalue weighted by molar-refractivity contribution is -0.250. The summed E-state index contributed by atoms with van der Waals surface area (Å²) < 4.78 is 7.60. The number of benzene rings is 3. The topological polar surface area (TPSA) is 115 Å². The fourth-order valence-corrected chi connectivity index (χ4v) is 4.71. The molecule has 0 bridgehead atoms. The molecule has 0 radical (unpaired) electrons. The first-order valence-electron chi connectivity index (χ1n) is 11.0. The summed E-state index contributed by atoms with van der Waals surface area (Å²) in [5.41, 5.74) is 3.96. The van der Waals surface area contributed by atoms with E-state index in [1.165, 1.54) is 0 Å². The van der Waals surface area contributed by atoms with Crippen molar-refractivity contribution >= 4 is 21.7 Å². The van der Waals surface area contributed by atoms with Crippen LogP contribution in [0.5, 0.6) is 5.75 Å². The summed E-state index contributed by atoms with van der Waals surface area (Å²) in [5, 5.41) is 53.4. The zero-order valence-electron chi connectivity index (χ0n) is 18.2. The van der Waals surface area contributed by atoms with Crippen LogP contribution in [0.1, 0.15) is 22.9 Å². The normalized spacial score (nSPS) is 25.7. The van der Waals surface area contributed by atoms with E-state index in [0.717, 1.165) is 38.4 Å². The van der Waals surface area contributed by atoms with Gasteiger partial charge in [0.25, 0.3) is 0 Å². The molecule has 5 rings (SSSR count). The van der Waals surface area contributed by atoms with Crippen molar-refractivity contribution in [3.05, 3.63) is 77.5 Å². The number of fused-ring (bicyclic) bond motifs is 2. The molecule has 4 aromatic rings. The number of phenolic OH excluding ortho intramolecular Hbond substituents is 1. The minimum Gasteiger partial charge on any atom is -0.508 e. The fraction of sp³-hybridized carbons (Fsp3) is 0.308. The molecule has 172 valence electrons. The van der Waals surface area contributed by atoms with Crippen molar-refractivity contribution < 1.29 is 30.3 Å². The van der Waals surface area contributed by atoms with Gasteiger partial charge in [0.15, 0.2) is 6.23 Å². The second-order valence-electron chi connectivity index (χ2n) is 8.84. The molecular formula is C26H27NO6. The third-order valence-electron chi connectivity index (χ3n) is 6.50. The Bertz CT molecular complexity index is 1310. The van der Waals surface area contributed by atoms with E-state index in [1.54, 1.807) is 16.7 Å². The van der Waals surface area contributed by atoms with Crippen LogP contribution >= 0.6 is 0 Å². The standard InChI is InChI=1S/C26H27NO6/c1-14-2-7-20-18(10-15-3-4-17-11-19(29)6-5-16(17)9-15)12-27(21(20)8-14)26-25(32)24(31)23(30)22(13-28)33-26/h2-9,11-12,22-26,28-32H,10,13H2,1H3/t22-,23-,24+,25-,26-/m1/s1. The molecule has 0 unspecified atom stereocenters. The maximum Gasteiger partial charge on any atom is 0.163 e. The van der Waals surface area contributed by atoms with E-state index in [2.05, 4.69) is 6.07 Å². The second kappa shape index (κ2) is 8.44. The number of ether oxygens (including phenoxy) is 1. The molecule has 7 nitrogen and oxygen atoms in total. The molecule has 1 saturated heterocycles. The van der Waals surface area contributed by atoms with Crippen LogP contribution in [0.4, 0.5) is 0 Å². The van der Waals surface area contributed by atoms with Crippen LogP contribution in [0.25, 0.3) is 21.7 Å². The summed E-state index contributed by atoms with van der Waals surface area (Å²) >= 11 is 0. The number of hydrogen-bond acceptors (Lipinski definition) is 6. The number of aromatic hydroxyl groups is 1. The minimum absolute atomic E-state index is 0.230. The Kier molecular flexibility index (Phi) is 5.60. The van der Waals surface area contributed by atoms with Gasteiger partial charge in [0.2, 0.25) is 0 Å². The van der Waals surface area contributed by atoms with Crippen LogP contribution in [-0.2, 0) is 11.2 Å². The molecule has 7 heteroatoms. The van der Waals surface area contributed by atoms with Gasteiger partial charge in [0.1, 0.15) is 30.2 Å². The first-order valence-corrected chi connectivity index (χ1v) is 11.0. The predicted octanol–water partition coefficient (Wildman–Crippen LogP) is 2.37. The smallest absolute Gasteiger partial charge is 0.163 e. The van der Waals surface area contributed by atoms with Crippen LogP contribution in [0.15, 0.2) is 60.8 Å². The zero-order chi connectivity index (χ0) is 23.3. The molecule has 1 fully saturated rings. The van der Waals surface area contributed by atoms with Crippen LogP contribution in [-0.4, -0.2) is 61.1 Å². The molecule has 0 aliphatic carbocycles. The average molecular weight is 450 g/mol. The molecule has 0 saturated carbocycles. The Morgan fingerprint density at radius 3 is 2.42 bits per heavy atom. The van der Waals surface area contributed by atoms with E-state index in [1.807, 2.05) is 49.5 Å². The monoisotopic (exact) mass is 449 g/mol. The third kappa shape index (κ3) is 3.88. The molecule has 3 aromatic carbocycles. The first-order chi connectivity index (χ1) is 15.9. The molecule has 5 N–H and O–H groups in total. The Labute approximate surface area is 190 Å². The highest BCUT2D eigenvalue weighted by Gasteiger charge is 2.44. The molecule has 33 heavy (non-hydrogen) atoms. The van der Waals surface area contributed by atoms with Crippen molar-refractivity contribution in [1.29, 1.82) is 0 Å². The van der Waals surface area contributed by atoms with Gasteiger partial charge in [-0.15, -0.1) is 0 Å². The summed E-state index contributed by atoms with van der Waals surface area (Å²) in [6.07, 6.45) is -3.61. The van der Waals surface area contributed by atoms with Gasteiger partial charge in [0, 0.05) is 11.6 Å². The first kappa shape index (κ1) is 21.9. The number of aliphatic hydroxyl groups excluding tert-OH is 4. The van der Waals surface area contributed by atoms with Crippen molar-refractivity contribution in [3.63, 3.8) is 0 Å². The second-order valence-corrected chi connectivity index (χ2v) is 8.84. The van der Waals surface area contributed by atoms with E-state index in [0.29, 0.717) is 6.42 Å². The molecule has 1 aliphatic heterocycles. The van der Waals surface area contributed by atoms with Gasteiger partial charge in [-0.1, -0.05) is 36.4 Å². The fourth-order valence-electron chi connectivity index (χ4n) is 4.71. The highest BCUT2D eigenvalue weighted by atomic mass is 16.6. The van der Waals surface area contributed by atoms with Crippen LogP contribution < -0.4 is 0 Å². The lowest BCUT2D eigenvalue weighted by atomic mass is 9.98. The van der Waals surface area contributed by atoms with Gasteiger partial charge in [-0.25, -0.2) is 0 Å². The number of aliphatic hydroxyl groups is 4. The van der Waals surface area contributed by atoms with Crippen LogP contribution in [0.3, 0.4) is 0 Å². The average Bonchev–Trinajstić information content (AvgIpc) is 3.15. The largest absolute Gasteiger partial charge is 0.508 e. The number of aromatic nitrogens is 1.